The summed E-state index contributed by atoms with van der Waals surface area (Å²) in [6.07, 6.45) is 4.67. The minimum Gasteiger partial charge on any atom is -0.339 e. The van der Waals surface area contributed by atoms with Gasteiger partial charge in [-0.1, -0.05) is 39.7 Å². The molecule has 2 heterocycles. The third kappa shape index (κ3) is 4.50. The highest BCUT2D eigenvalue weighted by Gasteiger charge is 2.63. The van der Waals surface area contributed by atoms with E-state index >= 15 is 0 Å². The highest BCUT2D eigenvalue weighted by Crippen LogP contribution is 2.65. The van der Waals surface area contributed by atoms with Gasteiger partial charge < -0.3 is 19.7 Å². The number of nitrogens with zero attached hydrogens (tertiary/aromatic N) is 4. The first-order valence-electron chi connectivity index (χ1n) is 12.7. The van der Waals surface area contributed by atoms with Crippen LogP contribution in [-0.2, 0) is 5.41 Å². The van der Waals surface area contributed by atoms with Gasteiger partial charge in [0.25, 0.3) is 0 Å². The van der Waals surface area contributed by atoms with Gasteiger partial charge in [-0.15, -0.1) is 0 Å². The van der Waals surface area contributed by atoms with E-state index in [9.17, 15) is 4.39 Å². The zero-order valence-electron chi connectivity index (χ0n) is 20.1. The summed E-state index contributed by atoms with van der Waals surface area (Å²) in [7, 11) is 2.20. The van der Waals surface area contributed by atoms with Crippen molar-refractivity contribution in [1.82, 2.24) is 19.8 Å². The number of anilines is 1. The van der Waals surface area contributed by atoms with E-state index in [4.69, 9.17) is 16.6 Å². The molecule has 3 fully saturated rings. The van der Waals surface area contributed by atoms with Crippen LogP contribution in [0.2, 0.25) is 5.02 Å². The number of benzene rings is 2. The molecule has 1 aliphatic heterocycles. The molecule has 3 aliphatic rings. The lowest BCUT2D eigenvalue weighted by atomic mass is 9.93. The van der Waals surface area contributed by atoms with Gasteiger partial charge in [0.2, 0.25) is 5.95 Å². The number of fused-ring (bicyclic) bond motifs is 2. The Hall–Kier alpha value is -1.67. The van der Waals surface area contributed by atoms with Crippen LogP contribution in [0.1, 0.15) is 31.2 Å². The van der Waals surface area contributed by atoms with Crippen LogP contribution in [0.15, 0.2) is 40.9 Å². The van der Waals surface area contributed by atoms with Gasteiger partial charge in [-0.3, -0.25) is 0 Å². The summed E-state index contributed by atoms with van der Waals surface area (Å²) in [6, 6.07) is 12.4. The van der Waals surface area contributed by atoms with E-state index in [1.807, 2.05) is 0 Å². The molecule has 0 amide bonds. The number of nitrogens with one attached hydrogen (secondary N) is 1. The SMILES string of the molecule is CN1CCN(CCCN(c2nc3cc(Cl)c(F)cc3[nH]2)[C@@H]2CCC3(c4cccc(Br)c4)C[C@H]23)CC1. The van der Waals surface area contributed by atoms with E-state index in [2.05, 4.69) is 66.9 Å². The van der Waals surface area contributed by atoms with Crippen molar-refractivity contribution in [3.8, 4) is 0 Å². The number of likely N-dealkylation sites (N-methyl/N-ethyl adjacent to an activating group) is 1. The van der Waals surface area contributed by atoms with E-state index in [1.165, 1.54) is 24.5 Å². The Morgan fingerprint density at radius 3 is 2.83 bits per heavy atom. The van der Waals surface area contributed by atoms with Crippen LogP contribution in [0.5, 0.6) is 0 Å². The number of halogens is 3. The van der Waals surface area contributed by atoms with Gasteiger partial charge >= 0.3 is 0 Å². The number of aromatic amines is 1. The van der Waals surface area contributed by atoms with Crippen molar-refractivity contribution in [1.29, 1.82) is 0 Å². The van der Waals surface area contributed by atoms with Crippen molar-refractivity contribution in [2.45, 2.75) is 37.1 Å². The first-order chi connectivity index (χ1) is 16.9. The summed E-state index contributed by atoms with van der Waals surface area (Å²) in [5.41, 5.74) is 3.17. The maximum Gasteiger partial charge on any atom is 0.204 e. The van der Waals surface area contributed by atoms with E-state index in [-0.39, 0.29) is 10.4 Å². The second-order valence-corrected chi connectivity index (χ2v) is 11.9. The van der Waals surface area contributed by atoms with Crippen molar-refractivity contribution in [3.05, 3.63) is 57.3 Å². The van der Waals surface area contributed by atoms with Crippen molar-refractivity contribution in [2.24, 2.45) is 5.92 Å². The molecule has 3 aromatic rings. The van der Waals surface area contributed by atoms with Gasteiger partial charge in [0.15, 0.2) is 0 Å². The summed E-state index contributed by atoms with van der Waals surface area (Å²) in [4.78, 5) is 15.8. The molecule has 8 heteroatoms. The normalized spacial score (nSPS) is 26.9. The zero-order valence-corrected chi connectivity index (χ0v) is 22.5. The standard InChI is InChI=1S/C27H32BrClFN5/c1-33-10-12-34(13-11-33)8-3-9-35(26-31-23-15-21(29)22(30)16-24(23)32-26)25-6-7-27(17-20(25)27)18-4-2-5-19(28)14-18/h2,4-5,14-16,20,25H,3,6-13,17H2,1H3,(H,31,32)/t20-,25-,27?/m1/s1. The number of imidazole rings is 1. The monoisotopic (exact) mass is 559 g/mol. The quantitative estimate of drug-likeness (QED) is 0.403. The number of H-pyrrole nitrogens is 1. The lowest BCUT2D eigenvalue weighted by molar-refractivity contribution is 0.153. The molecule has 2 aliphatic carbocycles. The molecule has 0 bridgehead atoms. The second kappa shape index (κ2) is 9.33. The van der Waals surface area contributed by atoms with E-state index in [0.717, 1.165) is 68.0 Å². The second-order valence-electron chi connectivity index (χ2n) is 10.6. The van der Waals surface area contributed by atoms with Gasteiger partial charge in [0, 0.05) is 54.7 Å². The van der Waals surface area contributed by atoms with Crippen LogP contribution in [-0.4, -0.2) is 72.1 Å². The minimum absolute atomic E-state index is 0.119. The molecule has 2 saturated carbocycles. The third-order valence-corrected chi connectivity index (χ3v) is 9.32. The molecule has 1 saturated heterocycles. The molecular formula is C27H32BrClFN5. The maximum absolute atomic E-state index is 14.1. The summed E-state index contributed by atoms with van der Waals surface area (Å²) >= 11 is 9.72. The molecule has 0 spiro atoms. The number of hydrogen-bond acceptors (Lipinski definition) is 4. The first-order valence-corrected chi connectivity index (χ1v) is 13.9. The molecule has 6 rings (SSSR count). The largest absolute Gasteiger partial charge is 0.339 e. The fraction of sp³-hybridized carbons (Fsp3) is 0.519. The lowest BCUT2D eigenvalue weighted by Crippen LogP contribution is -2.45. The van der Waals surface area contributed by atoms with Crippen LogP contribution in [0.4, 0.5) is 10.3 Å². The molecule has 1 unspecified atom stereocenters. The van der Waals surface area contributed by atoms with E-state index < -0.39 is 5.82 Å². The molecule has 35 heavy (non-hydrogen) atoms. The Bertz CT molecular complexity index is 1190. The molecule has 1 N–H and O–H groups in total. The molecule has 5 nitrogen and oxygen atoms in total. The van der Waals surface area contributed by atoms with Crippen LogP contribution < -0.4 is 4.90 Å². The highest BCUT2D eigenvalue weighted by molar-refractivity contribution is 9.10. The van der Waals surface area contributed by atoms with Gasteiger partial charge in [-0.25, -0.2) is 9.37 Å². The average Bonchev–Trinajstić information content (AvgIpc) is 3.26. The summed E-state index contributed by atoms with van der Waals surface area (Å²) in [5, 5.41) is 0.119. The number of rotatable bonds is 7. The predicted octanol–water partition coefficient (Wildman–Crippen LogP) is 5.68. The molecular weight excluding hydrogens is 529 g/mol. The van der Waals surface area contributed by atoms with Crippen LogP contribution in [0.3, 0.4) is 0 Å². The zero-order chi connectivity index (χ0) is 24.2. The smallest absolute Gasteiger partial charge is 0.204 e. The summed E-state index contributed by atoms with van der Waals surface area (Å²) < 4.78 is 15.3. The maximum atomic E-state index is 14.1. The van der Waals surface area contributed by atoms with Gasteiger partial charge in [0.1, 0.15) is 5.82 Å². The van der Waals surface area contributed by atoms with Crippen molar-refractivity contribution in [2.75, 3.05) is 51.2 Å². The topological polar surface area (TPSA) is 38.4 Å². The van der Waals surface area contributed by atoms with Gasteiger partial charge in [0.05, 0.1) is 16.1 Å². The van der Waals surface area contributed by atoms with Crippen molar-refractivity contribution < 1.29 is 4.39 Å². The summed E-state index contributed by atoms with van der Waals surface area (Å²) in [5.74, 6) is 1.06. The number of aromatic nitrogens is 2. The number of hydrogen-bond donors (Lipinski definition) is 1. The Balaban J connectivity index is 1.24. The lowest BCUT2D eigenvalue weighted by Gasteiger charge is -2.34. The third-order valence-electron chi connectivity index (χ3n) is 8.54. The molecule has 2 aromatic carbocycles. The number of piperazine rings is 1. The Kier molecular flexibility index (Phi) is 6.32. The van der Waals surface area contributed by atoms with Crippen LogP contribution >= 0.6 is 27.5 Å². The summed E-state index contributed by atoms with van der Waals surface area (Å²) in [6.45, 7) is 6.59. The fourth-order valence-corrected chi connectivity index (χ4v) is 7.03. The predicted molar refractivity (Wildman–Crippen MR) is 144 cm³/mol. The van der Waals surface area contributed by atoms with Crippen molar-refractivity contribution in [3.63, 3.8) is 0 Å². The highest BCUT2D eigenvalue weighted by atomic mass is 79.9. The van der Waals surface area contributed by atoms with Crippen molar-refractivity contribution >= 4 is 44.5 Å². The molecule has 1 aromatic heterocycles. The Morgan fingerprint density at radius 1 is 1.23 bits per heavy atom. The van der Waals surface area contributed by atoms with Gasteiger partial charge in [-0.2, -0.15) is 0 Å². The Morgan fingerprint density at radius 2 is 2.06 bits per heavy atom. The first kappa shape index (κ1) is 23.7. The van der Waals surface area contributed by atoms with Gasteiger partial charge in [-0.05, 0) is 69.0 Å². The minimum atomic E-state index is -0.410. The van der Waals surface area contributed by atoms with Crippen LogP contribution in [0.25, 0.3) is 11.0 Å². The van der Waals surface area contributed by atoms with E-state index in [1.54, 1.807) is 6.07 Å². The fourth-order valence-electron chi connectivity index (χ4n) is 6.47. The average molecular weight is 561 g/mol. The Labute approximate surface area is 219 Å². The molecule has 186 valence electrons. The molecule has 0 radical (unpaired) electrons. The van der Waals surface area contributed by atoms with Crippen LogP contribution in [0, 0.1) is 11.7 Å². The molecule has 3 atom stereocenters. The van der Waals surface area contributed by atoms with E-state index in [0.29, 0.717) is 17.5 Å².